The summed E-state index contributed by atoms with van der Waals surface area (Å²) in [4.78, 5) is 75.0. The standard InChI is InChI=1S/C33H54N6O9S/c1-20(2)16-24(34)28(41)39-25(10-8-9-15-35-32(46)48-33(4,5)6)29(42)36-17-27(40)38-26(30(43)37-21(3)31(44)45)19-49-18-22-11-13-23(47-7)14-12-22/h11-14,20-21,24-26H,8-10,15-19,34H2,1-7H3,(H,35,46)(H,36,42)(H,37,43)(H,38,40)(H,39,41)(H,44,45)/t21-,24-,25-,26-/m0/s1. The summed E-state index contributed by atoms with van der Waals surface area (Å²) in [6, 6.07) is 3.18. The number of amides is 5. The quantitative estimate of drug-likeness (QED) is 0.0908. The molecule has 0 fully saturated rings. The van der Waals surface area contributed by atoms with Crippen molar-refractivity contribution in [3.8, 4) is 5.75 Å². The van der Waals surface area contributed by atoms with Gasteiger partial charge in [-0.2, -0.15) is 11.8 Å². The molecular weight excluding hydrogens is 656 g/mol. The molecule has 1 aromatic carbocycles. The maximum Gasteiger partial charge on any atom is 0.407 e. The number of methoxy groups -OCH3 is 1. The van der Waals surface area contributed by atoms with Gasteiger partial charge in [0.05, 0.1) is 19.7 Å². The van der Waals surface area contributed by atoms with E-state index in [-0.39, 0.29) is 24.6 Å². The van der Waals surface area contributed by atoms with Gasteiger partial charge < -0.3 is 46.9 Å². The first-order valence-corrected chi connectivity index (χ1v) is 17.4. The van der Waals surface area contributed by atoms with Crippen molar-refractivity contribution in [1.82, 2.24) is 26.6 Å². The Bertz CT molecular complexity index is 1240. The Morgan fingerprint density at radius 3 is 2.10 bits per heavy atom. The fraction of sp³-hybridized carbons (Fsp3) is 0.636. The molecule has 0 aliphatic heterocycles. The van der Waals surface area contributed by atoms with E-state index < -0.39 is 72.0 Å². The van der Waals surface area contributed by atoms with E-state index in [1.165, 1.54) is 18.7 Å². The first-order valence-electron chi connectivity index (χ1n) is 16.3. The number of nitrogens with two attached hydrogens (primary N) is 1. The minimum atomic E-state index is -1.24. The van der Waals surface area contributed by atoms with Gasteiger partial charge in [-0.05, 0) is 77.0 Å². The van der Waals surface area contributed by atoms with E-state index in [0.717, 1.165) is 5.56 Å². The van der Waals surface area contributed by atoms with Gasteiger partial charge in [-0.25, -0.2) is 4.79 Å². The molecule has 15 nitrogen and oxygen atoms in total. The summed E-state index contributed by atoms with van der Waals surface area (Å²) in [5.74, 6) is -2.30. The predicted molar refractivity (Wildman–Crippen MR) is 187 cm³/mol. The number of nitrogens with one attached hydrogen (secondary N) is 5. The molecule has 0 aromatic heterocycles. The molecule has 49 heavy (non-hydrogen) atoms. The van der Waals surface area contributed by atoms with Crippen LogP contribution in [0.1, 0.15) is 72.8 Å². The van der Waals surface area contributed by atoms with E-state index in [4.69, 9.17) is 15.2 Å². The van der Waals surface area contributed by atoms with Crippen LogP contribution >= 0.6 is 11.8 Å². The number of unbranched alkanes of at least 4 members (excludes halogenated alkanes) is 1. The van der Waals surface area contributed by atoms with Crippen molar-refractivity contribution in [3.63, 3.8) is 0 Å². The Morgan fingerprint density at radius 1 is 0.878 bits per heavy atom. The fourth-order valence-corrected chi connectivity index (χ4v) is 5.27. The minimum Gasteiger partial charge on any atom is -0.497 e. The van der Waals surface area contributed by atoms with Crippen LogP contribution in [-0.4, -0.2) is 96.5 Å². The molecule has 5 amide bonds. The number of benzene rings is 1. The highest BCUT2D eigenvalue weighted by Crippen LogP contribution is 2.17. The number of aliphatic carboxylic acids is 1. The zero-order valence-corrected chi connectivity index (χ0v) is 30.4. The predicted octanol–water partition coefficient (Wildman–Crippen LogP) is 1.67. The van der Waals surface area contributed by atoms with E-state index >= 15 is 0 Å². The number of carboxylic acids is 1. The van der Waals surface area contributed by atoms with Crippen LogP contribution in [0.4, 0.5) is 4.79 Å². The summed E-state index contributed by atoms with van der Waals surface area (Å²) in [5, 5.41) is 22.0. The van der Waals surface area contributed by atoms with Crippen molar-refractivity contribution in [2.75, 3.05) is 26.0 Å². The van der Waals surface area contributed by atoms with E-state index in [0.29, 0.717) is 30.8 Å². The summed E-state index contributed by atoms with van der Waals surface area (Å²) in [6.45, 7) is 10.2. The number of carbonyl (C=O) groups excluding carboxylic acids is 5. The molecular formula is C33H54N6O9S. The molecule has 0 spiro atoms. The van der Waals surface area contributed by atoms with Crippen molar-refractivity contribution in [3.05, 3.63) is 29.8 Å². The monoisotopic (exact) mass is 710 g/mol. The lowest BCUT2D eigenvalue weighted by Gasteiger charge is -2.22. The molecule has 0 saturated heterocycles. The molecule has 4 atom stereocenters. The molecule has 0 unspecified atom stereocenters. The number of hydrogen-bond donors (Lipinski definition) is 7. The molecule has 0 saturated carbocycles. The van der Waals surface area contributed by atoms with Crippen LogP contribution in [0.25, 0.3) is 0 Å². The van der Waals surface area contributed by atoms with Crippen LogP contribution in [0.15, 0.2) is 24.3 Å². The van der Waals surface area contributed by atoms with Crippen LogP contribution in [0.5, 0.6) is 5.75 Å². The minimum absolute atomic E-state index is 0.119. The molecule has 1 aromatic rings. The largest absolute Gasteiger partial charge is 0.497 e. The van der Waals surface area contributed by atoms with Crippen molar-refractivity contribution in [1.29, 1.82) is 0 Å². The van der Waals surface area contributed by atoms with E-state index in [2.05, 4.69) is 26.6 Å². The molecule has 16 heteroatoms. The number of carbonyl (C=O) groups is 6. The number of carboxylic acid groups (broad SMARTS) is 1. The normalized spacial score (nSPS) is 13.7. The lowest BCUT2D eigenvalue weighted by molar-refractivity contribution is -0.141. The molecule has 0 heterocycles. The maximum atomic E-state index is 13.2. The number of ether oxygens (including phenoxy) is 2. The van der Waals surface area contributed by atoms with Gasteiger partial charge >= 0.3 is 12.1 Å². The third kappa shape index (κ3) is 18.9. The highest BCUT2D eigenvalue weighted by Gasteiger charge is 2.27. The second kappa shape index (κ2) is 21.8. The Labute approximate surface area is 292 Å². The van der Waals surface area contributed by atoms with Gasteiger partial charge in [-0.3, -0.25) is 24.0 Å². The summed E-state index contributed by atoms with van der Waals surface area (Å²) >= 11 is 1.35. The molecule has 0 aliphatic carbocycles. The second-order valence-electron chi connectivity index (χ2n) is 13.0. The van der Waals surface area contributed by atoms with Gasteiger partial charge in [0.2, 0.25) is 23.6 Å². The van der Waals surface area contributed by atoms with Crippen LogP contribution < -0.4 is 37.1 Å². The topological polar surface area (TPSA) is 227 Å². The molecule has 0 bridgehead atoms. The fourth-order valence-electron chi connectivity index (χ4n) is 4.25. The highest BCUT2D eigenvalue weighted by molar-refractivity contribution is 7.98. The average molecular weight is 711 g/mol. The van der Waals surface area contributed by atoms with Gasteiger partial charge in [0.25, 0.3) is 0 Å². The van der Waals surface area contributed by atoms with Crippen molar-refractivity contribution in [2.45, 2.75) is 103 Å². The number of rotatable bonds is 21. The second-order valence-corrected chi connectivity index (χ2v) is 14.0. The van der Waals surface area contributed by atoms with E-state index in [9.17, 15) is 33.9 Å². The Balaban J connectivity index is 2.85. The van der Waals surface area contributed by atoms with Crippen molar-refractivity contribution < 1.29 is 43.3 Å². The summed E-state index contributed by atoms with van der Waals surface area (Å²) in [6.07, 6.45) is 0.961. The Kier molecular flexibility index (Phi) is 19.1. The van der Waals surface area contributed by atoms with Crippen molar-refractivity contribution >= 4 is 47.5 Å². The molecule has 8 N–H and O–H groups in total. The third-order valence-electron chi connectivity index (χ3n) is 6.80. The zero-order chi connectivity index (χ0) is 37.1. The summed E-state index contributed by atoms with van der Waals surface area (Å²) < 4.78 is 10.4. The first-order chi connectivity index (χ1) is 22.9. The SMILES string of the molecule is COc1ccc(CSC[C@H](NC(=O)CNC(=O)[C@H](CCCCNC(=O)OC(C)(C)C)NC(=O)[C@@H](N)CC(C)C)C(=O)N[C@@H](C)C(=O)O)cc1. The molecule has 1 rings (SSSR count). The highest BCUT2D eigenvalue weighted by atomic mass is 32.2. The van der Waals surface area contributed by atoms with Gasteiger partial charge in [0.15, 0.2) is 0 Å². The van der Waals surface area contributed by atoms with Crippen LogP contribution in [0.2, 0.25) is 0 Å². The molecule has 0 aliphatic rings. The van der Waals surface area contributed by atoms with Gasteiger partial charge in [-0.15, -0.1) is 0 Å². The molecule has 276 valence electrons. The molecule has 0 radical (unpaired) electrons. The van der Waals surface area contributed by atoms with Crippen LogP contribution in [0, 0.1) is 5.92 Å². The summed E-state index contributed by atoms with van der Waals surface area (Å²) in [5.41, 5.74) is 6.33. The summed E-state index contributed by atoms with van der Waals surface area (Å²) in [7, 11) is 1.56. The zero-order valence-electron chi connectivity index (χ0n) is 29.6. The van der Waals surface area contributed by atoms with Crippen molar-refractivity contribution in [2.24, 2.45) is 11.7 Å². The Hall–Kier alpha value is -4.05. The smallest absolute Gasteiger partial charge is 0.407 e. The number of thioether (sulfide) groups is 1. The van der Waals surface area contributed by atoms with Crippen LogP contribution in [0.3, 0.4) is 0 Å². The van der Waals surface area contributed by atoms with Gasteiger partial charge in [0, 0.05) is 18.1 Å². The van der Waals surface area contributed by atoms with E-state index in [1.807, 2.05) is 26.0 Å². The first kappa shape index (κ1) is 43.0. The average Bonchev–Trinajstić information content (AvgIpc) is 3.01. The maximum absolute atomic E-state index is 13.2. The van der Waals surface area contributed by atoms with Gasteiger partial charge in [0.1, 0.15) is 29.5 Å². The van der Waals surface area contributed by atoms with E-state index in [1.54, 1.807) is 40.0 Å². The lowest BCUT2D eigenvalue weighted by atomic mass is 10.0. The van der Waals surface area contributed by atoms with Crippen LogP contribution in [-0.2, 0) is 34.5 Å². The number of alkyl carbamates (subject to hydrolysis) is 1. The lowest BCUT2D eigenvalue weighted by Crippen LogP contribution is -2.55. The van der Waals surface area contributed by atoms with Gasteiger partial charge in [-0.1, -0.05) is 26.0 Å². The Morgan fingerprint density at radius 2 is 1.53 bits per heavy atom. The number of hydrogen-bond acceptors (Lipinski definition) is 10. The third-order valence-corrected chi connectivity index (χ3v) is 7.91.